The Bertz CT molecular complexity index is 1330. The number of rotatable bonds is 3. The van der Waals surface area contributed by atoms with Crippen LogP contribution in [0.2, 0.25) is 0 Å². The first-order valence-corrected chi connectivity index (χ1v) is 10.7. The van der Waals surface area contributed by atoms with E-state index >= 15 is 0 Å². The predicted octanol–water partition coefficient (Wildman–Crippen LogP) is 4.72. The Morgan fingerprint density at radius 3 is 2.74 bits per heavy atom. The van der Waals surface area contributed by atoms with Crippen molar-refractivity contribution in [3.05, 3.63) is 65.2 Å². The average molecular weight is 415 g/mol. The Morgan fingerprint density at radius 2 is 1.94 bits per heavy atom. The van der Waals surface area contributed by atoms with E-state index in [2.05, 4.69) is 28.2 Å². The van der Waals surface area contributed by atoms with Crippen LogP contribution in [0.3, 0.4) is 0 Å². The number of benzene rings is 2. The number of halogens is 1. The Labute approximate surface area is 178 Å². The van der Waals surface area contributed by atoms with Gasteiger partial charge in [0.05, 0.1) is 11.4 Å². The molecular formula is C24H22FN5O. The SMILES string of the molecule is Nc1ncnc2c1c(-c1ccc(F)cc1O)nn2C1CCCc2cc(C3CC3)ccc21. The number of nitrogen functional groups attached to an aromatic ring is 1. The second-order valence-corrected chi connectivity index (χ2v) is 8.55. The van der Waals surface area contributed by atoms with Crippen LogP contribution in [0.1, 0.15) is 54.3 Å². The largest absolute Gasteiger partial charge is 0.507 e. The topological polar surface area (TPSA) is 89.8 Å². The van der Waals surface area contributed by atoms with E-state index in [4.69, 9.17) is 10.8 Å². The smallest absolute Gasteiger partial charge is 0.164 e. The molecule has 2 aromatic heterocycles. The zero-order valence-corrected chi connectivity index (χ0v) is 16.9. The fourth-order valence-corrected chi connectivity index (χ4v) is 4.84. The third-order valence-corrected chi connectivity index (χ3v) is 6.53. The third-order valence-electron chi connectivity index (χ3n) is 6.53. The maximum absolute atomic E-state index is 13.6. The Balaban J connectivity index is 1.54. The molecule has 0 radical (unpaired) electrons. The molecule has 2 aromatic carbocycles. The fraction of sp³-hybridized carbons (Fsp3) is 0.292. The van der Waals surface area contributed by atoms with Gasteiger partial charge in [-0.15, -0.1) is 0 Å². The number of fused-ring (bicyclic) bond motifs is 2. The summed E-state index contributed by atoms with van der Waals surface area (Å²) in [6.07, 6.45) is 7.06. The van der Waals surface area contributed by atoms with Gasteiger partial charge < -0.3 is 10.8 Å². The summed E-state index contributed by atoms with van der Waals surface area (Å²) in [5.74, 6) is 0.307. The molecule has 0 aliphatic heterocycles. The normalized spacial score (nSPS) is 18.3. The number of aromatic nitrogens is 4. The maximum atomic E-state index is 13.6. The van der Waals surface area contributed by atoms with E-state index in [1.165, 1.54) is 48.0 Å². The molecule has 0 spiro atoms. The van der Waals surface area contributed by atoms with Crippen LogP contribution in [-0.2, 0) is 6.42 Å². The fourth-order valence-electron chi connectivity index (χ4n) is 4.84. The maximum Gasteiger partial charge on any atom is 0.164 e. The van der Waals surface area contributed by atoms with Gasteiger partial charge in [0.15, 0.2) is 5.65 Å². The van der Waals surface area contributed by atoms with E-state index in [-0.39, 0.29) is 17.6 Å². The van der Waals surface area contributed by atoms with Gasteiger partial charge in [0.25, 0.3) is 0 Å². The van der Waals surface area contributed by atoms with Crippen LogP contribution in [0.5, 0.6) is 5.75 Å². The molecule has 3 N–H and O–H groups in total. The average Bonchev–Trinajstić information content (AvgIpc) is 3.54. The summed E-state index contributed by atoms with van der Waals surface area (Å²) in [5, 5.41) is 15.8. The first-order valence-electron chi connectivity index (χ1n) is 10.7. The van der Waals surface area contributed by atoms with Gasteiger partial charge in [-0.3, -0.25) is 0 Å². The quantitative estimate of drug-likeness (QED) is 0.505. The van der Waals surface area contributed by atoms with Gasteiger partial charge in [0.2, 0.25) is 0 Å². The monoisotopic (exact) mass is 415 g/mol. The summed E-state index contributed by atoms with van der Waals surface area (Å²) in [5.41, 5.74) is 11.8. The van der Waals surface area contributed by atoms with E-state index in [0.717, 1.165) is 31.2 Å². The Kier molecular flexibility index (Phi) is 4.00. The molecule has 2 aliphatic rings. The molecule has 4 aromatic rings. The summed E-state index contributed by atoms with van der Waals surface area (Å²) < 4.78 is 15.5. The number of phenols is 1. The molecule has 0 amide bonds. The van der Waals surface area contributed by atoms with Crippen LogP contribution in [0.4, 0.5) is 10.2 Å². The zero-order chi connectivity index (χ0) is 21.1. The van der Waals surface area contributed by atoms with E-state index in [0.29, 0.717) is 22.3 Å². The van der Waals surface area contributed by atoms with Gasteiger partial charge >= 0.3 is 0 Å². The molecule has 1 saturated carbocycles. The number of anilines is 1. The highest BCUT2D eigenvalue weighted by molar-refractivity contribution is 5.99. The van der Waals surface area contributed by atoms with Gasteiger partial charge in [-0.25, -0.2) is 19.0 Å². The highest BCUT2D eigenvalue weighted by Crippen LogP contribution is 2.44. The molecule has 0 bridgehead atoms. The number of nitrogens with two attached hydrogens (primary N) is 1. The zero-order valence-electron chi connectivity index (χ0n) is 16.9. The van der Waals surface area contributed by atoms with E-state index in [1.807, 2.05) is 4.68 Å². The molecule has 2 aliphatic carbocycles. The molecule has 2 heterocycles. The van der Waals surface area contributed by atoms with Crippen molar-refractivity contribution < 1.29 is 9.50 Å². The van der Waals surface area contributed by atoms with Crippen LogP contribution in [0, 0.1) is 5.82 Å². The second kappa shape index (κ2) is 6.77. The van der Waals surface area contributed by atoms with Crippen molar-refractivity contribution in [1.82, 2.24) is 19.7 Å². The summed E-state index contributed by atoms with van der Waals surface area (Å²) in [6, 6.07) is 10.8. The molecule has 1 fully saturated rings. The molecule has 1 atom stereocenters. The number of phenolic OH excluding ortho intramolecular Hbond substituents is 1. The lowest BCUT2D eigenvalue weighted by Crippen LogP contribution is -2.19. The first kappa shape index (κ1) is 18.3. The lowest BCUT2D eigenvalue weighted by molar-refractivity contribution is 0.458. The van der Waals surface area contributed by atoms with E-state index < -0.39 is 5.82 Å². The minimum absolute atomic E-state index is 0.0187. The van der Waals surface area contributed by atoms with Crippen LogP contribution in [0.25, 0.3) is 22.3 Å². The van der Waals surface area contributed by atoms with Crippen molar-refractivity contribution in [1.29, 1.82) is 0 Å². The van der Waals surface area contributed by atoms with Gasteiger partial charge in [0.1, 0.15) is 29.4 Å². The predicted molar refractivity (Wildman–Crippen MR) is 116 cm³/mol. The summed E-state index contributed by atoms with van der Waals surface area (Å²) in [6.45, 7) is 0. The number of hydrogen-bond acceptors (Lipinski definition) is 5. The van der Waals surface area contributed by atoms with Crippen LogP contribution >= 0.6 is 0 Å². The molecular weight excluding hydrogens is 393 g/mol. The lowest BCUT2D eigenvalue weighted by Gasteiger charge is -2.26. The molecule has 0 saturated heterocycles. The van der Waals surface area contributed by atoms with Gasteiger partial charge in [0, 0.05) is 11.6 Å². The molecule has 6 rings (SSSR count). The first-order chi connectivity index (χ1) is 15.1. The minimum atomic E-state index is -0.512. The number of hydrogen-bond donors (Lipinski definition) is 2. The number of aryl methyl sites for hydroxylation is 1. The number of nitrogens with zero attached hydrogens (tertiary/aromatic N) is 4. The van der Waals surface area contributed by atoms with Gasteiger partial charge in [-0.1, -0.05) is 18.2 Å². The van der Waals surface area contributed by atoms with Crippen LogP contribution in [-0.4, -0.2) is 24.9 Å². The van der Waals surface area contributed by atoms with Gasteiger partial charge in [-0.05, 0) is 66.8 Å². The van der Waals surface area contributed by atoms with Crippen molar-refractivity contribution in [3.63, 3.8) is 0 Å². The standard InChI is InChI=1S/C24H22FN5O/c25-16-7-9-18(20(31)11-16)22-21-23(26)27-12-28-24(21)30(29-22)19-3-1-2-15-10-14(13-4-5-13)6-8-17(15)19/h6-13,19,31H,1-5H2,(H2,26,27,28). The molecule has 7 heteroatoms. The van der Waals surface area contributed by atoms with E-state index in [1.54, 1.807) is 0 Å². The molecule has 156 valence electrons. The van der Waals surface area contributed by atoms with Crippen molar-refractivity contribution in [2.45, 2.75) is 44.1 Å². The van der Waals surface area contributed by atoms with Crippen LogP contribution < -0.4 is 5.73 Å². The highest BCUT2D eigenvalue weighted by Gasteiger charge is 2.30. The minimum Gasteiger partial charge on any atom is -0.507 e. The van der Waals surface area contributed by atoms with Gasteiger partial charge in [-0.2, -0.15) is 5.10 Å². The lowest BCUT2D eigenvalue weighted by atomic mass is 9.86. The van der Waals surface area contributed by atoms with E-state index in [9.17, 15) is 9.50 Å². The summed E-state index contributed by atoms with van der Waals surface area (Å²) >= 11 is 0. The summed E-state index contributed by atoms with van der Waals surface area (Å²) in [4.78, 5) is 8.63. The van der Waals surface area contributed by atoms with Crippen molar-refractivity contribution >= 4 is 16.9 Å². The Hall–Kier alpha value is -3.48. The molecule has 6 nitrogen and oxygen atoms in total. The molecule has 31 heavy (non-hydrogen) atoms. The summed E-state index contributed by atoms with van der Waals surface area (Å²) in [7, 11) is 0. The van der Waals surface area contributed by atoms with Crippen molar-refractivity contribution in [3.8, 4) is 17.0 Å². The number of aromatic hydroxyl groups is 1. The third kappa shape index (κ3) is 2.95. The highest BCUT2D eigenvalue weighted by atomic mass is 19.1. The van der Waals surface area contributed by atoms with Crippen LogP contribution in [0.15, 0.2) is 42.7 Å². The van der Waals surface area contributed by atoms with Crippen molar-refractivity contribution in [2.24, 2.45) is 0 Å². The second-order valence-electron chi connectivity index (χ2n) is 8.55. The van der Waals surface area contributed by atoms with Crippen molar-refractivity contribution in [2.75, 3.05) is 5.73 Å². The Morgan fingerprint density at radius 1 is 1.06 bits per heavy atom. The molecule has 1 unspecified atom stereocenters.